The molecule has 1 aromatic heterocycles. The van der Waals surface area contributed by atoms with Crippen LogP contribution in [-0.4, -0.2) is 53.0 Å². The SMILES string of the molecule is Cc1cc(F)c(C(=O)NCC2(F)CC2)cc1NC(=O)c1cnc(NC(=O)N2CCC2)s1. The van der Waals surface area contributed by atoms with Crippen molar-refractivity contribution in [2.45, 2.75) is 31.9 Å². The highest BCUT2D eigenvalue weighted by Crippen LogP contribution is 2.38. The predicted molar refractivity (Wildman–Crippen MR) is 112 cm³/mol. The van der Waals surface area contributed by atoms with Crippen LogP contribution in [0.2, 0.25) is 0 Å². The van der Waals surface area contributed by atoms with Gasteiger partial charge in [0.15, 0.2) is 5.13 Å². The van der Waals surface area contributed by atoms with Crippen LogP contribution in [0.1, 0.15) is 44.9 Å². The van der Waals surface area contributed by atoms with Gasteiger partial charge in [0.2, 0.25) is 0 Å². The van der Waals surface area contributed by atoms with Gasteiger partial charge in [-0.1, -0.05) is 11.3 Å². The van der Waals surface area contributed by atoms with E-state index in [1.807, 2.05) is 0 Å². The van der Waals surface area contributed by atoms with Crippen molar-refractivity contribution >= 4 is 40.0 Å². The second-order valence-corrected chi connectivity index (χ2v) is 8.77. The number of urea groups is 1. The zero-order valence-electron chi connectivity index (χ0n) is 16.8. The highest BCUT2D eigenvalue weighted by Gasteiger charge is 2.43. The Morgan fingerprint density at radius 3 is 2.58 bits per heavy atom. The Morgan fingerprint density at radius 2 is 1.94 bits per heavy atom. The van der Waals surface area contributed by atoms with Gasteiger partial charge in [0.05, 0.1) is 18.3 Å². The van der Waals surface area contributed by atoms with E-state index in [4.69, 9.17) is 0 Å². The van der Waals surface area contributed by atoms with Crippen molar-refractivity contribution in [2.75, 3.05) is 30.3 Å². The van der Waals surface area contributed by atoms with Gasteiger partial charge in [-0.15, -0.1) is 0 Å². The van der Waals surface area contributed by atoms with Crippen LogP contribution in [0, 0.1) is 12.7 Å². The number of rotatable bonds is 6. The van der Waals surface area contributed by atoms with Crippen LogP contribution in [0.3, 0.4) is 0 Å². The summed E-state index contributed by atoms with van der Waals surface area (Å²) in [4.78, 5) is 42.7. The summed E-state index contributed by atoms with van der Waals surface area (Å²) in [5.41, 5.74) is -1.01. The Morgan fingerprint density at radius 1 is 1.19 bits per heavy atom. The van der Waals surface area contributed by atoms with Crippen LogP contribution in [0.25, 0.3) is 0 Å². The van der Waals surface area contributed by atoms with Crippen molar-refractivity contribution < 1.29 is 23.2 Å². The van der Waals surface area contributed by atoms with E-state index in [-0.39, 0.29) is 33.8 Å². The Kier molecular flexibility index (Phi) is 5.61. The van der Waals surface area contributed by atoms with E-state index in [0.29, 0.717) is 31.5 Å². The summed E-state index contributed by atoms with van der Waals surface area (Å²) in [5, 5.41) is 7.96. The Bertz CT molecular complexity index is 1050. The monoisotopic (exact) mass is 449 g/mol. The molecule has 164 valence electrons. The molecule has 3 N–H and O–H groups in total. The Balaban J connectivity index is 1.42. The van der Waals surface area contributed by atoms with Gasteiger partial charge in [-0.25, -0.2) is 18.6 Å². The number of likely N-dealkylation sites (tertiary alicyclic amines) is 1. The molecule has 0 atom stereocenters. The molecule has 4 amide bonds. The summed E-state index contributed by atoms with van der Waals surface area (Å²) in [6.45, 7) is 2.80. The molecular weight excluding hydrogens is 428 g/mol. The number of nitrogens with zero attached hydrogens (tertiary/aromatic N) is 2. The van der Waals surface area contributed by atoms with E-state index in [0.717, 1.165) is 23.8 Å². The molecule has 1 saturated carbocycles. The molecule has 0 bridgehead atoms. The molecule has 31 heavy (non-hydrogen) atoms. The minimum atomic E-state index is -1.40. The molecule has 1 saturated heterocycles. The minimum Gasteiger partial charge on any atom is -0.349 e. The number of hydrogen-bond acceptors (Lipinski definition) is 5. The Hall–Kier alpha value is -3.08. The molecule has 2 aliphatic rings. The average molecular weight is 449 g/mol. The van der Waals surface area contributed by atoms with Crippen molar-refractivity contribution in [2.24, 2.45) is 0 Å². The summed E-state index contributed by atoms with van der Waals surface area (Å²) < 4.78 is 28.0. The van der Waals surface area contributed by atoms with Gasteiger partial charge in [0.25, 0.3) is 11.8 Å². The summed E-state index contributed by atoms with van der Waals surface area (Å²) in [6, 6.07) is 2.10. The smallest absolute Gasteiger partial charge is 0.323 e. The number of carbonyl (C=O) groups is 3. The van der Waals surface area contributed by atoms with Crippen LogP contribution < -0.4 is 16.0 Å². The van der Waals surface area contributed by atoms with Gasteiger partial charge in [0, 0.05) is 18.8 Å². The fourth-order valence-electron chi connectivity index (χ4n) is 2.94. The van der Waals surface area contributed by atoms with Gasteiger partial charge in [0.1, 0.15) is 16.4 Å². The number of benzene rings is 1. The molecule has 0 spiro atoms. The molecule has 2 heterocycles. The molecule has 2 aromatic rings. The molecule has 8 nitrogen and oxygen atoms in total. The van der Waals surface area contributed by atoms with Crippen molar-refractivity contribution in [3.8, 4) is 0 Å². The second kappa shape index (κ2) is 8.22. The third-order valence-electron chi connectivity index (χ3n) is 5.25. The number of anilines is 2. The number of aromatic nitrogens is 1. The number of hydrogen-bond donors (Lipinski definition) is 3. The second-order valence-electron chi connectivity index (χ2n) is 7.74. The zero-order valence-corrected chi connectivity index (χ0v) is 17.6. The number of alkyl halides is 1. The maximum atomic E-state index is 14.3. The van der Waals surface area contributed by atoms with Crippen LogP contribution in [0.15, 0.2) is 18.3 Å². The molecule has 1 aliphatic carbocycles. The number of aryl methyl sites for hydroxylation is 1. The third-order valence-corrected chi connectivity index (χ3v) is 6.16. The van der Waals surface area contributed by atoms with Gasteiger partial charge >= 0.3 is 6.03 Å². The molecule has 1 aromatic carbocycles. The molecule has 0 radical (unpaired) electrons. The first-order valence-corrected chi connectivity index (χ1v) is 10.7. The van der Waals surface area contributed by atoms with Crippen molar-refractivity contribution in [3.63, 3.8) is 0 Å². The van der Waals surface area contributed by atoms with E-state index in [1.165, 1.54) is 12.3 Å². The van der Waals surface area contributed by atoms with E-state index < -0.39 is 23.3 Å². The largest absolute Gasteiger partial charge is 0.349 e. The summed E-state index contributed by atoms with van der Waals surface area (Å²) in [6.07, 6.45) is 3.04. The topological polar surface area (TPSA) is 103 Å². The first-order chi connectivity index (χ1) is 14.7. The van der Waals surface area contributed by atoms with E-state index in [2.05, 4.69) is 20.9 Å². The van der Waals surface area contributed by atoms with Crippen LogP contribution in [0.4, 0.5) is 24.4 Å². The highest BCUT2D eigenvalue weighted by atomic mass is 32.1. The molecule has 4 rings (SSSR count). The zero-order chi connectivity index (χ0) is 22.2. The summed E-state index contributed by atoms with van der Waals surface area (Å²) in [7, 11) is 0. The molecule has 0 unspecified atom stereocenters. The van der Waals surface area contributed by atoms with Gasteiger partial charge in [-0.05, 0) is 43.9 Å². The predicted octanol–water partition coefficient (Wildman–Crippen LogP) is 3.31. The molecular formula is C20H21F2N5O3S. The van der Waals surface area contributed by atoms with Crippen molar-refractivity contribution in [3.05, 3.63) is 40.2 Å². The maximum Gasteiger partial charge on any atom is 0.323 e. The number of carbonyl (C=O) groups excluding carboxylic acids is 3. The van der Waals surface area contributed by atoms with Crippen molar-refractivity contribution in [1.82, 2.24) is 15.2 Å². The number of halogens is 2. The fraction of sp³-hybridized carbons (Fsp3) is 0.400. The number of thiazole rings is 1. The summed E-state index contributed by atoms with van der Waals surface area (Å²) >= 11 is 1.00. The van der Waals surface area contributed by atoms with Crippen LogP contribution in [-0.2, 0) is 0 Å². The first-order valence-electron chi connectivity index (χ1n) is 9.84. The van der Waals surface area contributed by atoms with Gasteiger partial charge in [-0.2, -0.15) is 0 Å². The van der Waals surface area contributed by atoms with E-state index >= 15 is 0 Å². The first kappa shape index (κ1) is 21.2. The quantitative estimate of drug-likeness (QED) is 0.630. The van der Waals surface area contributed by atoms with Gasteiger partial charge < -0.3 is 15.5 Å². The lowest BCUT2D eigenvalue weighted by molar-refractivity contribution is 0.0932. The van der Waals surface area contributed by atoms with Crippen LogP contribution >= 0.6 is 11.3 Å². The lowest BCUT2D eigenvalue weighted by atomic mass is 10.1. The van der Waals surface area contributed by atoms with Crippen molar-refractivity contribution in [1.29, 1.82) is 0 Å². The fourth-order valence-corrected chi connectivity index (χ4v) is 3.64. The third kappa shape index (κ3) is 4.82. The standard InChI is InChI=1S/C20H21F2N5O3S/c1-11-7-13(21)12(16(28)24-10-20(22)3-4-20)8-14(11)25-17(29)15-9-23-18(31-15)26-19(30)27-5-2-6-27/h7-9H,2-6,10H2,1H3,(H,24,28)(H,25,29)(H,23,26,30). The molecule has 1 aliphatic heterocycles. The van der Waals surface area contributed by atoms with E-state index in [9.17, 15) is 23.2 Å². The lowest BCUT2D eigenvalue weighted by Gasteiger charge is -2.30. The average Bonchev–Trinajstić information content (AvgIpc) is 3.22. The normalized spacial score (nSPS) is 16.3. The molecule has 11 heteroatoms. The van der Waals surface area contributed by atoms with Crippen LogP contribution in [0.5, 0.6) is 0 Å². The number of nitrogens with one attached hydrogen (secondary N) is 3. The highest BCUT2D eigenvalue weighted by molar-refractivity contribution is 7.17. The number of amides is 4. The summed E-state index contributed by atoms with van der Waals surface area (Å²) in [5.74, 6) is -2.01. The maximum absolute atomic E-state index is 14.3. The molecule has 2 fully saturated rings. The lowest BCUT2D eigenvalue weighted by Crippen LogP contribution is -2.44. The Labute approximate surface area is 181 Å². The van der Waals surface area contributed by atoms with Gasteiger partial charge in [-0.3, -0.25) is 14.9 Å². The van der Waals surface area contributed by atoms with E-state index in [1.54, 1.807) is 11.8 Å². The minimum absolute atomic E-state index is 0.173.